The number of allylic oxidation sites excluding steroid dienone is 1. The zero-order valence-corrected chi connectivity index (χ0v) is 16.6. The molecule has 1 aliphatic heterocycles. The van der Waals surface area contributed by atoms with Crippen LogP contribution in [0, 0.1) is 0 Å². The third-order valence-corrected chi connectivity index (χ3v) is 4.37. The first kappa shape index (κ1) is 23.5. The summed E-state index contributed by atoms with van der Waals surface area (Å²) in [4.78, 5) is 23.1. The molecule has 0 unspecified atom stereocenters. The van der Waals surface area contributed by atoms with Gasteiger partial charge in [-0.3, -0.25) is 4.90 Å². The second-order valence-corrected chi connectivity index (χ2v) is 6.21. The molecule has 0 radical (unpaired) electrons. The molecule has 1 heterocycles. The molecule has 1 aromatic rings. The summed E-state index contributed by atoms with van der Waals surface area (Å²) in [6.45, 7) is 13.4. The maximum absolute atomic E-state index is 9.10. The van der Waals surface area contributed by atoms with Crippen LogP contribution in [0.5, 0.6) is 11.5 Å². The highest BCUT2D eigenvalue weighted by Crippen LogP contribution is 2.28. The van der Waals surface area contributed by atoms with Gasteiger partial charge in [-0.2, -0.15) is 0 Å². The molecule has 2 rings (SSSR count). The van der Waals surface area contributed by atoms with E-state index >= 15 is 0 Å². The Labute approximate surface area is 166 Å². The lowest BCUT2D eigenvalue weighted by atomic mass is 10.1. The minimum absolute atomic E-state index is 0.698. The number of ether oxygens (including phenoxy) is 2. The Morgan fingerprint density at radius 2 is 1.71 bits per heavy atom. The number of benzene rings is 1. The number of nitrogens with zero attached hydrogens (tertiary/aromatic N) is 2. The fourth-order valence-corrected chi connectivity index (χ4v) is 2.74. The van der Waals surface area contributed by atoms with E-state index < -0.39 is 11.9 Å². The van der Waals surface area contributed by atoms with Crippen LogP contribution in [0.2, 0.25) is 0 Å². The molecule has 0 amide bonds. The van der Waals surface area contributed by atoms with E-state index in [1.54, 1.807) is 7.11 Å². The highest BCUT2D eigenvalue weighted by molar-refractivity contribution is 6.27. The Balaban J connectivity index is 0.000000568. The number of likely N-dealkylation sites (N-methyl/N-ethyl adjacent to an activating group) is 1. The monoisotopic (exact) mass is 394 g/mol. The van der Waals surface area contributed by atoms with Crippen molar-refractivity contribution in [3.63, 3.8) is 0 Å². The molecule has 156 valence electrons. The van der Waals surface area contributed by atoms with Gasteiger partial charge in [-0.1, -0.05) is 19.1 Å². The van der Waals surface area contributed by atoms with Gasteiger partial charge in [-0.15, -0.1) is 6.58 Å². The molecule has 28 heavy (non-hydrogen) atoms. The Hall–Kier alpha value is -2.58. The molecular formula is C20H30N2O6. The average molecular weight is 394 g/mol. The summed E-state index contributed by atoms with van der Waals surface area (Å²) in [6.07, 6.45) is 2.74. The van der Waals surface area contributed by atoms with Gasteiger partial charge in [0.1, 0.15) is 6.61 Å². The molecule has 0 aliphatic carbocycles. The Morgan fingerprint density at radius 3 is 2.21 bits per heavy atom. The fraction of sp³-hybridized carbons (Fsp3) is 0.500. The summed E-state index contributed by atoms with van der Waals surface area (Å²) in [5.41, 5.74) is 1.19. The first-order valence-corrected chi connectivity index (χ1v) is 9.22. The smallest absolute Gasteiger partial charge is 0.414 e. The van der Waals surface area contributed by atoms with Crippen LogP contribution >= 0.6 is 0 Å². The molecule has 2 N–H and O–H groups in total. The molecule has 8 heteroatoms. The van der Waals surface area contributed by atoms with Crippen LogP contribution in [0.3, 0.4) is 0 Å². The molecule has 1 aromatic carbocycles. The number of piperazine rings is 1. The van der Waals surface area contributed by atoms with Gasteiger partial charge in [-0.05, 0) is 30.7 Å². The van der Waals surface area contributed by atoms with E-state index in [-0.39, 0.29) is 0 Å². The summed E-state index contributed by atoms with van der Waals surface area (Å²) in [7, 11) is 1.68. The quantitative estimate of drug-likeness (QED) is 0.507. The van der Waals surface area contributed by atoms with Gasteiger partial charge in [0.15, 0.2) is 11.5 Å². The molecule has 0 bridgehead atoms. The first-order chi connectivity index (χ1) is 13.4. The average Bonchev–Trinajstić information content (AvgIpc) is 2.70. The van der Waals surface area contributed by atoms with Crippen LogP contribution in [-0.4, -0.2) is 84.9 Å². The van der Waals surface area contributed by atoms with Crippen molar-refractivity contribution in [1.29, 1.82) is 0 Å². The molecule has 8 nitrogen and oxygen atoms in total. The Kier molecular flexibility index (Phi) is 10.7. The molecule has 1 saturated heterocycles. The van der Waals surface area contributed by atoms with Crippen LogP contribution in [0.4, 0.5) is 0 Å². The van der Waals surface area contributed by atoms with E-state index in [0.29, 0.717) is 6.61 Å². The number of hydrogen-bond donors (Lipinski definition) is 2. The number of carboxylic acid groups (broad SMARTS) is 2. The summed E-state index contributed by atoms with van der Waals surface area (Å²) in [5.74, 6) is -2.03. The molecule has 0 atom stereocenters. The van der Waals surface area contributed by atoms with Crippen LogP contribution in [0.25, 0.3) is 0 Å². The standard InChI is InChI=1S/C18H28N2O2.C2H2O4/c1-4-6-16-7-8-17(18(15-16)21-3)22-14-13-20-11-9-19(5-2)10-12-20;3-1(4)2(5)6/h4,7-8,15H,1,5-6,9-14H2,2-3H3;(H,3,4)(H,5,6). The third-order valence-electron chi connectivity index (χ3n) is 4.37. The molecular weight excluding hydrogens is 364 g/mol. The van der Waals surface area contributed by atoms with Gasteiger partial charge in [0.25, 0.3) is 0 Å². The van der Waals surface area contributed by atoms with Crippen LogP contribution < -0.4 is 9.47 Å². The Bertz CT molecular complexity index is 630. The minimum atomic E-state index is -1.82. The molecule has 0 aromatic heterocycles. The van der Waals surface area contributed by atoms with Gasteiger partial charge >= 0.3 is 11.9 Å². The van der Waals surface area contributed by atoms with E-state index in [4.69, 9.17) is 29.3 Å². The summed E-state index contributed by atoms with van der Waals surface area (Å²) in [6, 6.07) is 6.09. The normalized spacial score (nSPS) is 14.5. The second kappa shape index (κ2) is 12.7. The largest absolute Gasteiger partial charge is 0.493 e. The van der Waals surface area contributed by atoms with E-state index in [1.165, 1.54) is 5.56 Å². The van der Waals surface area contributed by atoms with Gasteiger partial charge in [0.2, 0.25) is 0 Å². The van der Waals surface area contributed by atoms with E-state index in [1.807, 2.05) is 18.2 Å². The number of aliphatic carboxylic acids is 2. The van der Waals surface area contributed by atoms with Crippen molar-refractivity contribution >= 4 is 11.9 Å². The van der Waals surface area contributed by atoms with Crippen molar-refractivity contribution in [1.82, 2.24) is 9.80 Å². The van der Waals surface area contributed by atoms with Crippen molar-refractivity contribution in [3.05, 3.63) is 36.4 Å². The Morgan fingerprint density at radius 1 is 1.11 bits per heavy atom. The summed E-state index contributed by atoms with van der Waals surface area (Å²) in [5, 5.41) is 14.8. The topological polar surface area (TPSA) is 99.5 Å². The number of carbonyl (C=O) groups is 2. The van der Waals surface area contributed by atoms with Crippen molar-refractivity contribution in [2.24, 2.45) is 0 Å². The van der Waals surface area contributed by atoms with Gasteiger partial charge in [0.05, 0.1) is 7.11 Å². The van der Waals surface area contributed by atoms with Gasteiger partial charge < -0.3 is 24.6 Å². The maximum atomic E-state index is 9.10. The number of methoxy groups -OCH3 is 1. The van der Waals surface area contributed by atoms with E-state index in [9.17, 15) is 0 Å². The van der Waals surface area contributed by atoms with Crippen molar-refractivity contribution in [3.8, 4) is 11.5 Å². The number of hydrogen-bond acceptors (Lipinski definition) is 6. The lowest BCUT2D eigenvalue weighted by Gasteiger charge is -2.33. The maximum Gasteiger partial charge on any atom is 0.414 e. The third kappa shape index (κ3) is 8.41. The van der Waals surface area contributed by atoms with Crippen molar-refractivity contribution < 1.29 is 29.3 Å². The molecule has 1 fully saturated rings. The molecule has 1 aliphatic rings. The van der Waals surface area contributed by atoms with Crippen molar-refractivity contribution in [2.45, 2.75) is 13.3 Å². The van der Waals surface area contributed by atoms with Crippen LogP contribution in [0.15, 0.2) is 30.9 Å². The lowest BCUT2D eigenvalue weighted by Crippen LogP contribution is -2.47. The highest BCUT2D eigenvalue weighted by Gasteiger charge is 2.15. The first-order valence-electron chi connectivity index (χ1n) is 9.22. The molecule has 0 spiro atoms. The SMILES string of the molecule is C=CCc1ccc(OCCN2CCN(CC)CC2)c(OC)c1.O=C(O)C(=O)O. The summed E-state index contributed by atoms with van der Waals surface area (Å²) < 4.78 is 11.3. The summed E-state index contributed by atoms with van der Waals surface area (Å²) >= 11 is 0. The van der Waals surface area contributed by atoms with Gasteiger partial charge in [-0.25, -0.2) is 9.59 Å². The second-order valence-electron chi connectivity index (χ2n) is 6.21. The van der Waals surface area contributed by atoms with Crippen molar-refractivity contribution in [2.75, 3.05) is 53.0 Å². The van der Waals surface area contributed by atoms with Crippen LogP contribution in [-0.2, 0) is 16.0 Å². The number of rotatable bonds is 8. The predicted octanol–water partition coefficient (Wildman–Crippen LogP) is 1.60. The fourth-order valence-electron chi connectivity index (χ4n) is 2.74. The minimum Gasteiger partial charge on any atom is -0.493 e. The lowest BCUT2D eigenvalue weighted by molar-refractivity contribution is -0.159. The molecule has 0 saturated carbocycles. The van der Waals surface area contributed by atoms with Gasteiger partial charge in [0, 0.05) is 32.7 Å². The van der Waals surface area contributed by atoms with Crippen LogP contribution in [0.1, 0.15) is 12.5 Å². The zero-order valence-electron chi connectivity index (χ0n) is 16.6. The number of carboxylic acids is 2. The predicted molar refractivity (Wildman–Crippen MR) is 106 cm³/mol. The van der Waals surface area contributed by atoms with E-state index in [0.717, 1.165) is 57.2 Å². The highest BCUT2D eigenvalue weighted by atomic mass is 16.5. The van der Waals surface area contributed by atoms with E-state index in [2.05, 4.69) is 29.4 Å². The zero-order chi connectivity index (χ0) is 20.9.